The Balaban J connectivity index is 1.99. The van der Waals surface area contributed by atoms with Gasteiger partial charge in [0.2, 0.25) is 0 Å². The number of ketones is 1. The molecule has 1 fully saturated rings. The predicted molar refractivity (Wildman–Crippen MR) is 69.0 cm³/mol. The Kier molecular flexibility index (Phi) is 2.52. The van der Waals surface area contributed by atoms with Crippen LogP contribution in [0.5, 0.6) is 0 Å². The number of benzene rings is 1. The molecule has 3 atom stereocenters. The zero-order chi connectivity index (χ0) is 12.8. The first-order valence-corrected chi connectivity index (χ1v) is 6.69. The summed E-state index contributed by atoms with van der Waals surface area (Å²) in [5.41, 5.74) is 2.00. The second-order valence-corrected chi connectivity index (χ2v) is 5.80. The van der Waals surface area contributed by atoms with Gasteiger partial charge in [-0.1, -0.05) is 24.3 Å². The lowest BCUT2D eigenvalue weighted by atomic mass is 9.60. The zero-order valence-corrected chi connectivity index (χ0v) is 10.6. The monoisotopic (exact) mass is 239 g/mol. The molecule has 1 aromatic carbocycles. The van der Waals surface area contributed by atoms with Crippen LogP contribution in [-0.2, 0) is 11.2 Å². The highest BCUT2D eigenvalue weighted by atomic mass is 16.1. The van der Waals surface area contributed by atoms with Gasteiger partial charge in [-0.15, -0.1) is 0 Å². The highest BCUT2D eigenvalue weighted by molar-refractivity contribution is 5.91. The first-order valence-electron chi connectivity index (χ1n) is 6.69. The Hall–Kier alpha value is -1.62. The molecule has 3 rings (SSSR count). The van der Waals surface area contributed by atoms with Crippen molar-refractivity contribution in [2.45, 2.75) is 38.5 Å². The molecule has 3 unspecified atom stereocenters. The molecule has 1 saturated carbocycles. The van der Waals surface area contributed by atoms with Crippen molar-refractivity contribution in [3.05, 3.63) is 35.4 Å². The van der Waals surface area contributed by atoms with Gasteiger partial charge in [-0.3, -0.25) is 4.79 Å². The van der Waals surface area contributed by atoms with Crippen LogP contribution in [0, 0.1) is 22.7 Å². The SMILES string of the molecule is CC1(C#N)CCC2c3ccccc3CCC2C1=O. The van der Waals surface area contributed by atoms with Crippen molar-refractivity contribution in [3.8, 4) is 6.07 Å². The van der Waals surface area contributed by atoms with Crippen LogP contribution in [-0.4, -0.2) is 5.78 Å². The molecule has 0 heterocycles. The van der Waals surface area contributed by atoms with Gasteiger partial charge in [0.15, 0.2) is 5.78 Å². The Morgan fingerprint density at radius 1 is 1.28 bits per heavy atom. The van der Waals surface area contributed by atoms with Crippen molar-refractivity contribution < 1.29 is 4.79 Å². The normalized spacial score (nSPS) is 34.3. The molecule has 0 amide bonds. The molecule has 0 spiro atoms. The van der Waals surface area contributed by atoms with Crippen molar-refractivity contribution in [1.82, 2.24) is 0 Å². The molecule has 2 aliphatic rings. The van der Waals surface area contributed by atoms with Crippen molar-refractivity contribution in [2.75, 3.05) is 0 Å². The topological polar surface area (TPSA) is 40.9 Å². The summed E-state index contributed by atoms with van der Waals surface area (Å²) in [4.78, 5) is 12.5. The van der Waals surface area contributed by atoms with Crippen molar-refractivity contribution in [2.24, 2.45) is 11.3 Å². The fourth-order valence-electron chi connectivity index (χ4n) is 3.61. The molecule has 0 aromatic heterocycles. The van der Waals surface area contributed by atoms with Crippen LogP contribution in [0.3, 0.4) is 0 Å². The third-order valence-electron chi connectivity index (χ3n) is 4.75. The van der Waals surface area contributed by atoms with Crippen LogP contribution in [0.15, 0.2) is 24.3 Å². The molecule has 0 saturated heterocycles. The number of rotatable bonds is 0. The van der Waals surface area contributed by atoms with E-state index in [0.29, 0.717) is 12.3 Å². The Morgan fingerprint density at radius 3 is 2.83 bits per heavy atom. The maximum atomic E-state index is 12.5. The predicted octanol–water partition coefficient (Wildman–Crippen LogP) is 3.23. The summed E-state index contributed by atoms with van der Waals surface area (Å²) in [7, 11) is 0. The largest absolute Gasteiger partial charge is 0.298 e. The van der Waals surface area contributed by atoms with Gasteiger partial charge in [-0.05, 0) is 49.7 Å². The number of hydrogen-bond donors (Lipinski definition) is 0. The minimum Gasteiger partial charge on any atom is -0.298 e. The highest BCUT2D eigenvalue weighted by Gasteiger charge is 2.47. The van der Waals surface area contributed by atoms with Gasteiger partial charge in [0, 0.05) is 5.92 Å². The Bertz CT molecular complexity index is 542. The van der Waals surface area contributed by atoms with Crippen molar-refractivity contribution in [3.63, 3.8) is 0 Å². The standard InChI is InChI=1S/C16H17NO/c1-16(10-17)9-8-13-12-5-3-2-4-11(12)6-7-14(13)15(16)18/h2-5,13-14H,6-9H2,1H3. The third-order valence-corrected chi connectivity index (χ3v) is 4.75. The summed E-state index contributed by atoms with van der Waals surface area (Å²) < 4.78 is 0. The van der Waals surface area contributed by atoms with E-state index in [1.165, 1.54) is 11.1 Å². The van der Waals surface area contributed by atoms with E-state index in [1.807, 2.05) is 6.92 Å². The lowest BCUT2D eigenvalue weighted by molar-refractivity contribution is -0.133. The van der Waals surface area contributed by atoms with Crippen LogP contribution in [0.1, 0.15) is 43.2 Å². The number of carbonyl (C=O) groups is 1. The van der Waals surface area contributed by atoms with Gasteiger partial charge in [-0.25, -0.2) is 0 Å². The summed E-state index contributed by atoms with van der Waals surface area (Å²) in [5, 5.41) is 9.24. The van der Waals surface area contributed by atoms with E-state index in [1.54, 1.807) is 0 Å². The van der Waals surface area contributed by atoms with E-state index in [0.717, 1.165) is 19.3 Å². The average Bonchev–Trinajstić information content (AvgIpc) is 2.42. The van der Waals surface area contributed by atoms with Gasteiger partial charge >= 0.3 is 0 Å². The van der Waals surface area contributed by atoms with E-state index in [2.05, 4.69) is 30.3 Å². The smallest absolute Gasteiger partial charge is 0.156 e. The number of hydrogen-bond acceptors (Lipinski definition) is 2. The number of aryl methyl sites for hydroxylation is 1. The number of carbonyl (C=O) groups excluding carboxylic acids is 1. The second-order valence-electron chi connectivity index (χ2n) is 5.80. The molecule has 2 nitrogen and oxygen atoms in total. The Morgan fingerprint density at radius 2 is 2.06 bits per heavy atom. The van der Waals surface area contributed by atoms with E-state index >= 15 is 0 Å². The summed E-state index contributed by atoms with van der Waals surface area (Å²) in [6.07, 6.45) is 3.57. The van der Waals surface area contributed by atoms with Gasteiger partial charge < -0.3 is 0 Å². The van der Waals surface area contributed by atoms with Crippen LogP contribution >= 0.6 is 0 Å². The third kappa shape index (κ3) is 1.50. The minimum atomic E-state index is -0.743. The first kappa shape index (κ1) is 11.5. The van der Waals surface area contributed by atoms with Crippen molar-refractivity contribution >= 4 is 5.78 Å². The highest BCUT2D eigenvalue weighted by Crippen LogP contribution is 2.48. The van der Waals surface area contributed by atoms with Crippen LogP contribution in [0.2, 0.25) is 0 Å². The van der Waals surface area contributed by atoms with Crippen LogP contribution < -0.4 is 0 Å². The molecule has 0 aliphatic heterocycles. The van der Waals surface area contributed by atoms with E-state index < -0.39 is 5.41 Å². The fourth-order valence-corrected chi connectivity index (χ4v) is 3.61. The van der Waals surface area contributed by atoms with Gasteiger partial charge in [0.25, 0.3) is 0 Å². The molecule has 1 aromatic rings. The van der Waals surface area contributed by atoms with Crippen molar-refractivity contribution in [1.29, 1.82) is 5.26 Å². The molecule has 0 N–H and O–H groups in total. The second kappa shape index (κ2) is 3.95. The molecular formula is C16H17NO. The zero-order valence-electron chi connectivity index (χ0n) is 10.6. The number of Topliss-reactive ketones (excluding diaryl/α,β-unsaturated/α-hetero) is 1. The molecular weight excluding hydrogens is 222 g/mol. The maximum Gasteiger partial charge on any atom is 0.156 e. The molecule has 92 valence electrons. The number of nitrogens with zero attached hydrogens (tertiary/aromatic N) is 1. The van der Waals surface area contributed by atoms with E-state index in [-0.39, 0.29) is 11.7 Å². The number of nitriles is 1. The summed E-state index contributed by atoms with van der Waals surface area (Å²) >= 11 is 0. The lowest BCUT2D eigenvalue weighted by Gasteiger charge is -2.41. The van der Waals surface area contributed by atoms with Crippen LogP contribution in [0.4, 0.5) is 0 Å². The maximum absolute atomic E-state index is 12.5. The lowest BCUT2D eigenvalue weighted by Crippen LogP contribution is -2.42. The quantitative estimate of drug-likeness (QED) is 0.697. The molecule has 18 heavy (non-hydrogen) atoms. The average molecular weight is 239 g/mol. The summed E-state index contributed by atoms with van der Waals surface area (Å²) in [5.74, 6) is 0.595. The summed E-state index contributed by atoms with van der Waals surface area (Å²) in [6.45, 7) is 1.81. The summed E-state index contributed by atoms with van der Waals surface area (Å²) in [6, 6.07) is 10.7. The minimum absolute atomic E-state index is 0.0679. The fraction of sp³-hybridized carbons (Fsp3) is 0.500. The van der Waals surface area contributed by atoms with E-state index in [4.69, 9.17) is 0 Å². The van der Waals surface area contributed by atoms with Crippen LogP contribution in [0.25, 0.3) is 0 Å². The molecule has 2 heteroatoms. The first-order chi connectivity index (χ1) is 8.65. The number of fused-ring (bicyclic) bond motifs is 3. The Labute approximate surface area is 108 Å². The molecule has 0 bridgehead atoms. The van der Waals surface area contributed by atoms with Gasteiger partial charge in [0.05, 0.1) is 6.07 Å². The molecule has 2 aliphatic carbocycles. The van der Waals surface area contributed by atoms with E-state index in [9.17, 15) is 10.1 Å². The molecule has 0 radical (unpaired) electrons. The van der Waals surface area contributed by atoms with Gasteiger partial charge in [-0.2, -0.15) is 5.26 Å². The van der Waals surface area contributed by atoms with Gasteiger partial charge in [0.1, 0.15) is 5.41 Å².